The molecule has 6 nitrogen and oxygen atoms in total. The van der Waals surface area contributed by atoms with Crippen LogP contribution in [0.4, 0.5) is 5.69 Å². The molecule has 0 bridgehead atoms. The number of rotatable bonds is 9. The van der Waals surface area contributed by atoms with Crippen molar-refractivity contribution in [1.82, 2.24) is 10.3 Å². The summed E-state index contributed by atoms with van der Waals surface area (Å²) in [5.41, 5.74) is 2.83. The monoisotopic (exact) mass is 451 g/mol. The fourth-order valence-electron chi connectivity index (χ4n) is 3.47. The van der Waals surface area contributed by atoms with E-state index in [-0.39, 0.29) is 18.2 Å². The van der Waals surface area contributed by atoms with Crippen LogP contribution < -0.4 is 15.4 Å². The summed E-state index contributed by atoms with van der Waals surface area (Å²) < 4.78 is 5.80. The number of pyridine rings is 1. The molecule has 1 aromatic heterocycles. The summed E-state index contributed by atoms with van der Waals surface area (Å²) in [6.45, 7) is 0.333. The summed E-state index contributed by atoms with van der Waals surface area (Å²) >= 11 is 0. The van der Waals surface area contributed by atoms with Crippen molar-refractivity contribution in [3.63, 3.8) is 0 Å². The lowest BCUT2D eigenvalue weighted by Crippen LogP contribution is -2.31. The molecule has 1 heterocycles. The molecule has 6 heteroatoms. The summed E-state index contributed by atoms with van der Waals surface area (Å²) in [4.78, 5) is 29.9. The molecule has 2 N–H and O–H groups in total. The Morgan fingerprint density at radius 2 is 1.56 bits per heavy atom. The Balaban J connectivity index is 1.41. The maximum atomic E-state index is 12.9. The first kappa shape index (κ1) is 22.7. The van der Waals surface area contributed by atoms with Gasteiger partial charge in [0.05, 0.1) is 18.2 Å². The van der Waals surface area contributed by atoms with Crippen LogP contribution in [0.15, 0.2) is 109 Å². The smallest absolute Gasteiger partial charge is 0.251 e. The molecule has 0 spiro atoms. The van der Waals surface area contributed by atoms with E-state index in [9.17, 15) is 9.59 Å². The van der Waals surface area contributed by atoms with Crippen LogP contribution in [0.5, 0.6) is 5.75 Å². The van der Waals surface area contributed by atoms with Gasteiger partial charge in [0.2, 0.25) is 5.91 Å². The normalized spacial score (nSPS) is 11.3. The molecule has 4 aromatic rings. The zero-order chi connectivity index (χ0) is 23.6. The van der Waals surface area contributed by atoms with Crippen LogP contribution in [0.1, 0.15) is 34.1 Å². The summed E-state index contributed by atoms with van der Waals surface area (Å²) in [7, 11) is 0. The van der Waals surface area contributed by atoms with Gasteiger partial charge in [-0.1, -0.05) is 60.7 Å². The van der Waals surface area contributed by atoms with Gasteiger partial charge in [-0.3, -0.25) is 14.6 Å². The number of ether oxygens (including phenoxy) is 1. The fraction of sp³-hybridized carbons (Fsp3) is 0.107. The maximum Gasteiger partial charge on any atom is 0.251 e. The van der Waals surface area contributed by atoms with Crippen LogP contribution in [-0.4, -0.2) is 16.8 Å². The Labute approximate surface area is 198 Å². The highest BCUT2D eigenvalue weighted by molar-refractivity contribution is 5.95. The van der Waals surface area contributed by atoms with Gasteiger partial charge in [-0.25, -0.2) is 0 Å². The van der Waals surface area contributed by atoms with E-state index in [2.05, 4.69) is 15.6 Å². The number of carbonyl (C=O) groups excluding carboxylic acids is 2. The lowest BCUT2D eigenvalue weighted by atomic mass is 10.0. The second-order valence-corrected chi connectivity index (χ2v) is 7.69. The minimum absolute atomic E-state index is 0.0849. The molecular formula is C28H25N3O3. The van der Waals surface area contributed by atoms with Gasteiger partial charge >= 0.3 is 0 Å². The Morgan fingerprint density at radius 3 is 2.29 bits per heavy atom. The first-order chi connectivity index (χ1) is 16.7. The Hall–Kier alpha value is -4.45. The number of amides is 2. The van der Waals surface area contributed by atoms with E-state index in [4.69, 9.17) is 4.74 Å². The number of anilines is 1. The molecule has 1 unspecified atom stereocenters. The molecule has 0 saturated carbocycles. The zero-order valence-electron chi connectivity index (χ0n) is 18.6. The van der Waals surface area contributed by atoms with Crippen molar-refractivity contribution >= 4 is 17.5 Å². The molecule has 0 aliphatic rings. The number of nitrogens with zero attached hydrogens (tertiary/aromatic N) is 1. The van der Waals surface area contributed by atoms with Crippen molar-refractivity contribution in [2.24, 2.45) is 0 Å². The summed E-state index contributed by atoms with van der Waals surface area (Å²) in [5.74, 6) is 0.178. The van der Waals surface area contributed by atoms with E-state index < -0.39 is 6.04 Å². The summed E-state index contributed by atoms with van der Waals surface area (Å²) in [5, 5.41) is 5.89. The van der Waals surface area contributed by atoms with Crippen molar-refractivity contribution in [3.05, 3.63) is 126 Å². The molecule has 1 atom stereocenters. The van der Waals surface area contributed by atoms with Crippen LogP contribution in [0.25, 0.3) is 0 Å². The predicted molar refractivity (Wildman–Crippen MR) is 131 cm³/mol. The van der Waals surface area contributed by atoms with Gasteiger partial charge in [0, 0.05) is 23.5 Å². The molecule has 170 valence electrons. The van der Waals surface area contributed by atoms with Gasteiger partial charge in [0.1, 0.15) is 12.4 Å². The van der Waals surface area contributed by atoms with Crippen LogP contribution in [0.2, 0.25) is 0 Å². The lowest BCUT2D eigenvalue weighted by molar-refractivity contribution is -0.116. The average molecular weight is 452 g/mol. The summed E-state index contributed by atoms with van der Waals surface area (Å²) in [6.07, 6.45) is 1.80. The highest BCUT2D eigenvalue weighted by atomic mass is 16.5. The average Bonchev–Trinajstić information content (AvgIpc) is 2.89. The van der Waals surface area contributed by atoms with E-state index in [1.54, 1.807) is 30.5 Å². The molecule has 0 radical (unpaired) electrons. The summed E-state index contributed by atoms with van der Waals surface area (Å²) in [6, 6.07) is 30.8. The molecule has 0 aliphatic heterocycles. The zero-order valence-corrected chi connectivity index (χ0v) is 18.6. The predicted octanol–water partition coefficient (Wildman–Crippen LogP) is 5.16. The largest absolute Gasteiger partial charge is 0.487 e. The Bertz CT molecular complexity index is 1220. The SMILES string of the molecule is O=C(CC(NC(=O)c1ccccc1)c1ccccc1)Nc1cccc(OCc2ccccn2)c1. The van der Waals surface area contributed by atoms with Crippen LogP contribution in [-0.2, 0) is 11.4 Å². The molecule has 4 rings (SSSR count). The third kappa shape index (κ3) is 6.53. The van der Waals surface area contributed by atoms with E-state index >= 15 is 0 Å². The minimum atomic E-state index is -0.475. The number of benzene rings is 3. The topological polar surface area (TPSA) is 80.3 Å². The van der Waals surface area contributed by atoms with Gasteiger partial charge in [-0.05, 0) is 42.0 Å². The molecular weight excluding hydrogens is 426 g/mol. The maximum absolute atomic E-state index is 12.9. The van der Waals surface area contributed by atoms with Gasteiger partial charge in [0.15, 0.2) is 0 Å². The van der Waals surface area contributed by atoms with Crippen molar-refractivity contribution in [3.8, 4) is 5.75 Å². The number of carbonyl (C=O) groups is 2. The molecule has 0 aliphatic carbocycles. The highest BCUT2D eigenvalue weighted by Crippen LogP contribution is 2.21. The van der Waals surface area contributed by atoms with E-state index in [1.807, 2.05) is 78.9 Å². The van der Waals surface area contributed by atoms with Crippen molar-refractivity contribution in [1.29, 1.82) is 0 Å². The first-order valence-corrected chi connectivity index (χ1v) is 11.0. The number of hydrogen-bond acceptors (Lipinski definition) is 4. The highest BCUT2D eigenvalue weighted by Gasteiger charge is 2.19. The van der Waals surface area contributed by atoms with Crippen LogP contribution >= 0.6 is 0 Å². The van der Waals surface area contributed by atoms with Crippen LogP contribution in [0.3, 0.4) is 0 Å². The molecule has 34 heavy (non-hydrogen) atoms. The minimum Gasteiger partial charge on any atom is -0.487 e. The van der Waals surface area contributed by atoms with Gasteiger partial charge in [-0.15, -0.1) is 0 Å². The third-order valence-electron chi connectivity index (χ3n) is 5.16. The lowest BCUT2D eigenvalue weighted by Gasteiger charge is -2.19. The van der Waals surface area contributed by atoms with Crippen molar-refractivity contribution in [2.75, 3.05) is 5.32 Å². The standard InChI is InChI=1S/C28H25N3O3/c32-27(30-23-15-9-16-25(18-23)34-20-24-14-7-8-17-29-24)19-26(21-10-3-1-4-11-21)31-28(33)22-12-5-2-6-13-22/h1-18,26H,19-20H2,(H,30,32)(H,31,33). The van der Waals surface area contributed by atoms with Gasteiger partial charge in [0.25, 0.3) is 5.91 Å². The quantitative estimate of drug-likeness (QED) is 0.368. The number of nitrogens with one attached hydrogen (secondary N) is 2. The van der Waals surface area contributed by atoms with E-state index in [0.29, 0.717) is 23.6 Å². The fourth-order valence-corrected chi connectivity index (χ4v) is 3.47. The molecule has 0 fully saturated rings. The second-order valence-electron chi connectivity index (χ2n) is 7.69. The third-order valence-corrected chi connectivity index (χ3v) is 5.16. The van der Waals surface area contributed by atoms with Crippen LogP contribution in [0, 0.1) is 0 Å². The molecule has 0 saturated heterocycles. The molecule has 2 amide bonds. The number of aromatic nitrogens is 1. The van der Waals surface area contributed by atoms with Gasteiger partial charge in [-0.2, -0.15) is 0 Å². The first-order valence-electron chi connectivity index (χ1n) is 11.0. The van der Waals surface area contributed by atoms with E-state index in [0.717, 1.165) is 11.3 Å². The molecule has 3 aromatic carbocycles. The Kier molecular flexibility index (Phi) is 7.64. The van der Waals surface area contributed by atoms with Crippen molar-refractivity contribution < 1.29 is 14.3 Å². The second kappa shape index (κ2) is 11.4. The van der Waals surface area contributed by atoms with Crippen molar-refractivity contribution in [2.45, 2.75) is 19.1 Å². The van der Waals surface area contributed by atoms with Gasteiger partial charge < -0.3 is 15.4 Å². The van der Waals surface area contributed by atoms with E-state index in [1.165, 1.54) is 0 Å². The Morgan fingerprint density at radius 1 is 0.824 bits per heavy atom. The number of hydrogen-bond donors (Lipinski definition) is 2.